The molecule has 2 rings (SSSR count). The van der Waals surface area contributed by atoms with E-state index < -0.39 is 0 Å². The van der Waals surface area contributed by atoms with Crippen LogP contribution in [-0.2, 0) is 13.5 Å². The Bertz CT molecular complexity index is 531. The standard InChI is InChI=1S/C15H21N3O/c1-4-19-14-7-5-12(6-8-14)15(16)10-13-9-11(2)17-18(13)3/h5-9,15H,4,10,16H2,1-3H3. The Kier molecular flexibility index (Phi) is 4.22. The molecule has 0 saturated carbocycles. The van der Waals surface area contributed by atoms with Crippen molar-refractivity contribution in [1.29, 1.82) is 0 Å². The highest BCUT2D eigenvalue weighted by atomic mass is 16.5. The minimum absolute atomic E-state index is 0.0227. The zero-order valence-corrected chi connectivity index (χ0v) is 11.8. The van der Waals surface area contributed by atoms with E-state index in [4.69, 9.17) is 10.5 Å². The van der Waals surface area contributed by atoms with Crippen molar-refractivity contribution in [2.75, 3.05) is 6.61 Å². The number of hydrogen-bond acceptors (Lipinski definition) is 3. The van der Waals surface area contributed by atoms with E-state index >= 15 is 0 Å². The lowest BCUT2D eigenvalue weighted by Gasteiger charge is -2.13. The van der Waals surface area contributed by atoms with Gasteiger partial charge >= 0.3 is 0 Å². The first-order valence-corrected chi connectivity index (χ1v) is 6.58. The lowest BCUT2D eigenvalue weighted by atomic mass is 10.0. The quantitative estimate of drug-likeness (QED) is 0.897. The van der Waals surface area contributed by atoms with Crippen molar-refractivity contribution in [2.24, 2.45) is 12.8 Å². The number of ether oxygens (including phenoxy) is 1. The molecular weight excluding hydrogens is 238 g/mol. The van der Waals surface area contributed by atoms with Gasteiger partial charge in [0.25, 0.3) is 0 Å². The number of nitrogens with two attached hydrogens (primary N) is 1. The Hall–Kier alpha value is -1.81. The summed E-state index contributed by atoms with van der Waals surface area (Å²) in [5.74, 6) is 0.884. The van der Waals surface area contributed by atoms with Gasteiger partial charge in [-0.15, -0.1) is 0 Å². The van der Waals surface area contributed by atoms with Gasteiger partial charge in [0.1, 0.15) is 5.75 Å². The van der Waals surface area contributed by atoms with Crippen LogP contribution in [0.15, 0.2) is 30.3 Å². The average molecular weight is 259 g/mol. The van der Waals surface area contributed by atoms with Gasteiger partial charge in [0.2, 0.25) is 0 Å². The highest BCUT2D eigenvalue weighted by Gasteiger charge is 2.10. The summed E-state index contributed by atoms with van der Waals surface area (Å²) in [7, 11) is 1.95. The number of aromatic nitrogens is 2. The number of hydrogen-bond donors (Lipinski definition) is 1. The van der Waals surface area contributed by atoms with Crippen LogP contribution in [-0.4, -0.2) is 16.4 Å². The first-order valence-electron chi connectivity index (χ1n) is 6.58. The lowest BCUT2D eigenvalue weighted by Crippen LogP contribution is -2.15. The van der Waals surface area contributed by atoms with Gasteiger partial charge in [0, 0.05) is 25.2 Å². The number of nitrogens with zero attached hydrogens (tertiary/aromatic N) is 2. The molecule has 0 aliphatic carbocycles. The molecule has 4 heteroatoms. The van der Waals surface area contributed by atoms with Gasteiger partial charge in [-0.05, 0) is 37.6 Å². The first-order chi connectivity index (χ1) is 9.10. The fourth-order valence-electron chi connectivity index (χ4n) is 2.18. The van der Waals surface area contributed by atoms with Crippen molar-refractivity contribution in [2.45, 2.75) is 26.3 Å². The molecule has 19 heavy (non-hydrogen) atoms. The second kappa shape index (κ2) is 5.89. The molecule has 1 aromatic carbocycles. The summed E-state index contributed by atoms with van der Waals surface area (Å²) in [5, 5.41) is 4.34. The summed E-state index contributed by atoms with van der Waals surface area (Å²) in [5.41, 5.74) is 9.54. The van der Waals surface area contributed by atoms with Crippen LogP contribution < -0.4 is 10.5 Å². The van der Waals surface area contributed by atoms with Crippen molar-refractivity contribution >= 4 is 0 Å². The smallest absolute Gasteiger partial charge is 0.119 e. The van der Waals surface area contributed by atoms with Crippen LogP contribution >= 0.6 is 0 Å². The number of rotatable bonds is 5. The molecule has 1 aromatic heterocycles. The third-order valence-electron chi connectivity index (χ3n) is 3.15. The van der Waals surface area contributed by atoms with Crippen LogP contribution in [0.1, 0.15) is 29.9 Å². The molecule has 0 spiro atoms. The van der Waals surface area contributed by atoms with Gasteiger partial charge in [-0.3, -0.25) is 4.68 Å². The van der Waals surface area contributed by atoms with E-state index in [1.54, 1.807) is 0 Å². The van der Waals surface area contributed by atoms with Crippen LogP contribution in [0.2, 0.25) is 0 Å². The monoisotopic (exact) mass is 259 g/mol. The maximum atomic E-state index is 6.25. The third kappa shape index (κ3) is 3.35. The van der Waals surface area contributed by atoms with E-state index in [1.165, 1.54) is 0 Å². The topological polar surface area (TPSA) is 53.1 Å². The van der Waals surface area contributed by atoms with Crippen molar-refractivity contribution in [3.05, 3.63) is 47.3 Å². The largest absolute Gasteiger partial charge is 0.494 e. The molecule has 2 N–H and O–H groups in total. The van der Waals surface area contributed by atoms with Crippen LogP contribution in [0.4, 0.5) is 0 Å². The second-order valence-electron chi connectivity index (χ2n) is 4.71. The van der Waals surface area contributed by atoms with Crippen LogP contribution in [0, 0.1) is 6.92 Å². The minimum Gasteiger partial charge on any atom is -0.494 e. The predicted molar refractivity (Wildman–Crippen MR) is 76.2 cm³/mol. The molecule has 4 nitrogen and oxygen atoms in total. The Morgan fingerprint density at radius 2 is 2.00 bits per heavy atom. The third-order valence-corrected chi connectivity index (χ3v) is 3.15. The highest BCUT2D eigenvalue weighted by Crippen LogP contribution is 2.19. The Morgan fingerprint density at radius 1 is 1.32 bits per heavy atom. The van der Waals surface area contributed by atoms with E-state index in [1.807, 2.05) is 49.8 Å². The Balaban J connectivity index is 2.07. The van der Waals surface area contributed by atoms with Crippen LogP contribution in [0.5, 0.6) is 5.75 Å². The summed E-state index contributed by atoms with van der Waals surface area (Å²) in [6.07, 6.45) is 0.783. The molecule has 0 aliphatic heterocycles. The summed E-state index contributed by atoms with van der Waals surface area (Å²) < 4.78 is 7.32. The zero-order valence-electron chi connectivity index (χ0n) is 11.8. The Labute approximate surface area is 114 Å². The van der Waals surface area contributed by atoms with Crippen LogP contribution in [0.3, 0.4) is 0 Å². The molecule has 0 bridgehead atoms. The maximum Gasteiger partial charge on any atom is 0.119 e. The van der Waals surface area contributed by atoms with Gasteiger partial charge in [-0.25, -0.2) is 0 Å². The number of benzene rings is 1. The van der Waals surface area contributed by atoms with Crippen molar-refractivity contribution in [1.82, 2.24) is 9.78 Å². The van der Waals surface area contributed by atoms with E-state index in [0.29, 0.717) is 6.61 Å². The predicted octanol–water partition coefficient (Wildman–Crippen LogP) is 2.37. The molecule has 0 aliphatic rings. The average Bonchev–Trinajstić information content (AvgIpc) is 2.69. The molecule has 1 atom stereocenters. The summed E-state index contributed by atoms with van der Waals surface area (Å²) in [4.78, 5) is 0. The van der Waals surface area contributed by atoms with Crippen molar-refractivity contribution in [3.8, 4) is 5.75 Å². The highest BCUT2D eigenvalue weighted by molar-refractivity contribution is 5.29. The van der Waals surface area contributed by atoms with E-state index in [0.717, 1.165) is 29.1 Å². The van der Waals surface area contributed by atoms with E-state index in [2.05, 4.69) is 11.2 Å². The van der Waals surface area contributed by atoms with Crippen LogP contribution in [0.25, 0.3) is 0 Å². The molecule has 2 aromatic rings. The number of aryl methyl sites for hydroxylation is 2. The molecule has 102 valence electrons. The second-order valence-corrected chi connectivity index (χ2v) is 4.71. The molecule has 0 saturated heterocycles. The Morgan fingerprint density at radius 3 is 2.53 bits per heavy atom. The van der Waals surface area contributed by atoms with Gasteiger partial charge < -0.3 is 10.5 Å². The molecular formula is C15H21N3O. The first kappa shape index (κ1) is 13.6. The van der Waals surface area contributed by atoms with Gasteiger partial charge in [-0.1, -0.05) is 12.1 Å². The summed E-state index contributed by atoms with van der Waals surface area (Å²) in [6.45, 7) is 4.65. The fraction of sp³-hybridized carbons (Fsp3) is 0.400. The molecule has 1 heterocycles. The van der Waals surface area contributed by atoms with Crippen molar-refractivity contribution < 1.29 is 4.74 Å². The van der Waals surface area contributed by atoms with Gasteiger partial charge in [0.15, 0.2) is 0 Å². The minimum atomic E-state index is -0.0227. The van der Waals surface area contributed by atoms with E-state index in [-0.39, 0.29) is 6.04 Å². The summed E-state index contributed by atoms with van der Waals surface area (Å²) in [6, 6.07) is 10.0. The molecule has 1 unspecified atom stereocenters. The van der Waals surface area contributed by atoms with Crippen molar-refractivity contribution in [3.63, 3.8) is 0 Å². The zero-order chi connectivity index (χ0) is 13.8. The summed E-state index contributed by atoms with van der Waals surface area (Å²) >= 11 is 0. The maximum absolute atomic E-state index is 6.25. The fourth-order valence-corrected chi connectivity index (χ4v) is 2.18. The normalized spacial score (nSPS) is 12.4. The molecule has 0 fully saturated rings. The lowest BCUT2D eigenvalue weighted by molar-refractivity contribution is 0.340. The SMILES string of the molecule is CCOc1ccc(C(N)Cc2cc(C)nn2C)cc1. The van der Waals surface area contributed by atoms with E-state index in [9.17, 15) is 0 Å². The van der Waals surface area contributed by atoms with Gasteiger partial charge in [0.05, 0.1) is 12.3 Å². The molecule has 0 amide bonds. The van der Waals surface area contributed by atoms with Gasteiger partial charge in [-0.2, -0.15) is 5.10 Å². The molecule has 0 radical (unpaired) electrons.